The van der Waals surface area contributed by atoms with Gasteiger partial charge in [-0.1, -0.05) is 19.9 Å². The molecule has 2 aliphatic rings. The number of aromatic amines is 1. The third-order valence-corrected chi connectivity index (χ3v) is 7.96. The molecule has 0 bridgehead atoms. The second-order valence-corrected chi connectivity index (χ2v) is 11.1. The lowest BCUT2D eigenvalue weighted by molar-refractivity contribution is -0.155. The van der Waals surface area contributed by atoms with Gasteiger partial charge in [-0.05, 0) is 68.2 Å². The molecule has 38 heavy (non-hydrogen) atoms. The first-order valence-corrected chi connectivity index (χ1v) is 13.9. The number of fused-ring (bicyclic) bond motifs is 1. The van der Waals surface area contributed by atoms with Crippen LogP contribution in [0, 0.1) is 24.7 Å². The SMILES string of the molecule is Cc1cc(-c2nc3cc(CC[C@H](C(=O)O[C@H]4CCOC4)C(C)C)ccc3n2CC2CCOCC2)c[nH]c1=O. The van der Waals surface area contributed by atoms with E-state index in [1.165, 1.54) is 0 Å². The zero-order valence-electron chi connectivity index (χ0n) is 22.7. The number of nitrogens with one attached hydrogen (secondary N) is 1. The molecule has 204 valence electrons. The standard InChI is InChI=1S/C30H39N3O5/c1-19(2)25(30(35)38-24-10-13-37-18-24)6-4-21-5-7-27-26(15-21)32-28(23-14-20(3)29(34)31-16-23)33(27)17-22-8-11-36-12-9-22/h5,7,14-16,19,22,24-25H,4,6,8-13,17-18H2,1-3H3,(H,31,34)/t24-,25-/m0/s1. The van der Waals surface area contributed by atoms with Crippen molar-refractivity contribution in [2.75, 3.05) is 26.4 Å². The molecule has 4 heterocycles. The summed E-state index contributed by atoms with van der Waals surface area (Å²) in [6.07, 6.45) is 5.98. The van der Waals surface area contributed by atoms with E-state index in [-0.39, 0.29) is 29.5 Å². The monoisotopic (exact) mass is 521 g/mol. The number of aromatic nitrogens is 3. The number of carbonyl (C=O) groups excluding carboxylic acids is 1. The van der Waals surface area contributed by atoms with E-state index >= 15 is 0 Å². The van der Waals surface area contributed by atoms with Gasteiger partial charge in [-0.3, -0.25) is 9.59 Å². The largest absolute Gasteiger partial charge is 0.460 e. The van der Waals surface area contributed by atoms with E-state index in [1.807, 2.05) is 13.0 Å². The van der Waals surface area contributed by atoms with Crippen LogP contribution in [0.1, 0.15) is 50.7 Å². The Bertz CT molecular complexity index is 1320. The van der Waals surface area contributed by atoms with E-state index in [4.69, 9.17) is 19.2 Å². The Morgan fingerprint density at radius 3 is 2.66 bits per heavy atom. The molecule has 8 nitrogen and oxygen atoms in total. The summed E-state index contributed by atoms with van der Waals surface area (Å²) in [5.74, 6) is 1.31. The van der Waals surface area contributed by atoms with Crippen LogP contribution in [0.5, 0.6) is 0 Å². The van der Waals surface area contributed by atoms with Gasteiger partial charge < -0.3 is 23.8 Å². The van der Waals surface area contributed by atoms with Crippen molar-refractivity contribution < 1.29 is 19.0 Å². The maximum absolute atomic E-state index is 12.9. The molecule has 0 radical (unpaired) electrons. The Hall–Kier alpha value is -2.97. The predicted molar refractivity (Wildman–Crippen MR) is 146 cm³/mol. The van der Waals surface area contributed by atoms with Crippen LogP contribution in [-0.4, -0.2) is 53.0 Å². The van der Waals surface area contributed by atoms with Crippen LogP contribution >= 0.6 is 0 Å². The number of benzene rings is 1. The van der Waals surface area contributed by atoms with Gasteiger partial charge in [0, 0.05) is 43.5 Å². The first-order valence-electron chi connectivity index (χ1n) is 13.9. The zero-order chi connectivity index (χ0) is 26.6. The molecule has 8 heteroatoms. The quantitative estimate of drug-likeness (QED) is 0.412. The van der Waals surface area contributed by atoms with Gasteiger partial charge in [0.1, 0.15) is 11.9 Å². The van der Waals surface area contributed by atoms with Crippen molar-refractivity contribution in [3.63, 3.8) is 0 Å². The molecule has 0 unspecified atom stereocenters. The van der Waals surface area contributed by atoms with Gasteiger partial charge in [0.2, 0.25) is 0 Å². The number of hydrogen-bond acceptors (Lipinski definition) is 6. The van der Waals surface area contributed by atoms with Crippen molar-refractivity contribution in [1.82, 2.24) is 14.5 Å². The van der Waals surface area contributed by atoms with Gasteiger partial charge in [-0.15, -0.1) is 0 Å². The second-order valence-electron chi connectivity index (χ2n) is 11.1. The van der Waals surface area contributed by atoms with Crippen molar-refractivity contribution >= 4 is 17.0 Å². The molecule has 5 rings (SSSR count). The fraction of sp³-hybridized carbons (Fsp3) is 0.567. The molecule has 2 fully saturated rings. The number of aryl methyl sites for hydroxylation is 2. The van der Waals surface area contributed by atoms with Gasteiger partial charge >= 0.3 is 5.97 Å². The number of rotatable bonds is 9. The van der Waals surface area contributed by atoms with E-state index in [0.717, 1.165) is 79.8 Å². The highest BCUT2D eigenvalue weighted by molar-refractivity contribution is 5.81. The molecule has 2 aromatic heterocycles. The van der Waals surface area contributed by atoms with Crippen LogP contribution in [0.15, 0.2) is 35.3 Å². The first kappa shape index (κ1) is 26.6. The third-order valence-electron chi connectivity index (χ3n) is 7.96. The summed E-state index contributed by atoms with van der Waals surface area (Å²) in [5.41, 5.74) is 4.66. The lowest BCUT2D eigenvalue weighted by Gasteiger charge is -2.23. The van der Waals surface area contributed by atoms with Crippen molar-refractivity contribution in [2.45, 2.75) is 65.5 Å². The molecular weight excluding hydrogens is 482 g/mol. The van der Waals surface area contributed by atoms with Crippen LogP contribution in [0.4, 0.5) is 0 Å². The number of esters is 1. The maximum atomic E-state index is 12.9. The fourth-order valence-electron chi connectivity index (χ4n) is 5.55. The van der Waals surface area contributed by atoms with E-state index in [9.17, 15) is 9.59 Å². The highest BCUT2D eigenvalue weighted by atomic mass is 16.6. The lowest BCUT2D eigenvalue weighted by Crippen LogP contribution is -2.28. The number of hydrogen-bond donors (Lipinski definition) is 1. The molecular formula is C30H39N3O5. The number of H-pyrrole nitrogens is 1. The maximum Gasteiger partial charge on any atom is 0.309 e. The van der Waals surface area contributed by atoms with Crippen LogP contribution in [0.25, 0.3) is 22.4 Å². The van der Waals surface area contributed by atoms with Crippen molar-refractivity contribution in [1.29, 1.82) is 0 Å². The Morgan fingerprint density at radius 2 is 1.95 bits per heavy atom. The molecule has 2 atom stereocenters. The van der Waals surface area contributed by atoms with Gasteiger partial charge in [0.05, 0.1) is 30.2 Å². The lowest BCUT2D eigenvalue weighted by atomic mass is 9.89. The van der Waals surface area contributed by atoms with E-state index in [1.54, 1.807) is 6.20 Å². The molecule has 0 amide bonds. The van der Waals surface area contributed by atoms with Gasteiger partial charge in [-0.25, -0.2) is 4.98 Å². The molecule has 0 saturated carbocycles. The van der Waals surface area contributed by atoms with Crippen LogP contribution in [-0.2, 0) is 32.0 Å². The number of ether oxygens (including phenoxy) is 3. The molecule has 1 aromatic carbocycles. The molecule has 2 saturated heterocycles. The highest BCUT2D eigenvalue weighted by Crippen LogP contribution is 2.30. The summed E-state index contributed by atoms with van der Waals surface area (Å²) in [4.78, 5) is 32.8. The summed E-state index contributed by atoms with van der Waals surface area (Å²) >= 11 is 0. The number of pyridine rings is 1. The minimum absolute atomic E-state index is 0.0817. The summed E-state index contributed by atoms with van der Waals surface area (Å²) in [7, 11) is 0. The van der Waals surface area contributed by atoms with E-state index < -0.39 is 0 Å². The Labute approximate surface area is 223 Å². The summed E-state index contributed by atoms with van der Waals surface area (Å²) in [5, 5.41) is 0. The van der Waals surface area contributed by atoms with E-state index in [2.05, 4.69) is 41.6 Å². The fourth-order valence-corrected chi connectivity index (χ4v) is 5.55. The van der Waals surface area contributed by atoms with E-state index in [0.29, 0.717) is 24.7 Å². The number of nitrogens with zero attached hydrogens (tertiary/aromatic N) is 2. The summed E-state index contributed by atoms with van der Waals surface area (Å²) < 4.78 is 19.0. The minimum Gasteiger partial charge on any atom is -0.460 e. The molecule has 0 aliphatic carbocycles. The normalized spacial score (nSPS) is 19.3. The van der Waals surface area contributed by atoms with Gasteiger partial charge in [0.25, 0.3) is 5.56 Å². The molecule has 1 N–H and O–H groups in total. The molecule has 0 spiro atoms. The predicted octanol–water partition coefficient (Wildman–Crippen LogP) is 4.66. The van der Waals surface area contributed by atoms with Crippen molar-refractivity contribution in [3.05, 3.63) is 51.9 Å². The highest BCUT2D eigenvalue weighted by Gasteiger charge is 2.28. The molecule has 3 aromatic rings. The summed E-state index contributed by atoms with van der Waals surface area (Å²) in [6, 6.07) is 8.36. The second kappa shape index (κ2) is 11.8. The third kappa shape index (κ3) is 6.02. The smallest absolute Gasteiger partial charge is 0.309 e. The Kier molecular flexibility index (Phi) is 8.29. The van der Waals surface area contributed by atoms with Gasteiger partial charge in [0.15, 0.2) is 0 Å². The van der Waals surface area contributed by atoms with Crippen molar-refractivity contribution in [2.24, 2.45) is 17.8 Å². The molecule has 2 aliphatic heterocycles. The van der Waals surface area contributed by atoms with Crippen LogP contribution < -0.4 is 5.56 Å². The number of imidazole rings is 1. The Morgan fingerprint density at radius 1 is 1.16 bits per heavy atom. The van der Waals surface area contributed by atoms with Crippen LogP contribution in [0.2, 0.25) is 0 Å². The average Bonchev–Trinajstić information content (AvgIpc) is 3.54. The van der Waals surface area contributed by atoms with Crippen molar-refractivity contribution in [3.8, 4) is 11.4 Å². The first-order chi connectivity index (χ1) is 18.4. The average molecular weight is 522 g/mol. The minimum atomic E-state index is -0.156. The number of carbonyl (C=O) groups is 1. The van der Waals surface area contributed by atoms with Crippen LogP contribution in [0.3, 0.4) is 0 Å². The Balaban J connectivity index is 1.39. The zero-order valence-corrected chi connectivity index (χ0v) is 22.7. The topological polar surface area (TPSA) is 95.4 Å². The summed E-state index contributed by atoms with van der Waals surface area (Å²) in [6.45, 7) is 9.59. The van der Waals surface area contributed by atoms with Gasteiger partial charge in [-0.2, -0.15) is 0 Å².